The average Bonchev–Trinajstić information content (AvgIpc) is 2.66. The third-order valence-corrected chi connectivity index (χ3v) is 5.20. The molecular formula is C22H21NO3. The van der Waals surface area contributed by atoms with Crippen LogP contribution in [0.4, 0.5) is 5.69 Å². The minimum absolute atomic E-state index is 0.00550. The van der Waals surface area contributed by atoms with Crippen molar-refractivity contribution in [2.24, 2.45) is 0 Å². The Labute approximate surface area is 152 Å². The quantitative estimate of drug-likeness (QED) is 0.671. The number of hydrogen-bond donors (Lipinski definition) is 1. The average molecular weight is 347 g/mol. The van der Waals surface area contributed by atoms with Crippen LogP contribution in [0.15, 0.2) is 42.5 Å². The molecule has 0 saturated carbocycles. The molecule has 4 nitrogen and oxygen atoms in total. The molecule has 0 aromatic heterocycles. The fourth-order valence-electron chi connectivity index (χ4n) is 3.95. The lowest BCUT2D eigenvalue weighted by Gasteiger charge is -2.37. The number of aromatic carboxylic acids is 1. The molecule has 0 amide bonds. The van der Waals surface area contributed by atoms with Crippen LogP contribution in [-0.4, -0.2) is 29.9 Å². The number of carboxylic acid groups (broad SMARTS) is 1. The largest absolute Gasteiger partial charge is 0.478 e. The molecule has 0 saturated heterocycles. The number of nitrogens with zero attached hydrogens (tertiary/aromatic N) is 1. The molecule has 0 fully saturated rings. The summed E-state index contributed by atoms with van der Waals surface area (Å²) < 4.78 is 0. The van der Waals surface area contributed by atoms with Crippen LogP contribution in [0.1, 0.15) is 50.2 Å². The second-order valence-electron chi connectivity index (χ2n) is 6.96. The zero-order valence-electron chi connectivity index (χ0n) is 14.6. The Hall–Kier alpha value is -2.88. The highest BCUT2D eigenvalue weighted by atomic mass is 16.4. The maximum atomic E-state index is 12.7. The maximum absolute atomic E-state index is 12.7. The van der Waals surface area contributed by atoms with Gasteiger partial charge in [-0.25, -0.2) is 4.79 Å². The normalized spacial score (nSPS) is 15.8. The number of aryl methyl sites for hydroxylation is 2. The standard InChI is InChI=1S/C22H21NO3/c24-20(10-7-15-5-8-16(9-6-15)22(25)26)19-13-17-3-1-11-23-12-2-4-18(14-19)21(17)23/h5-10,13-14H,1-4,11-12H2,(H,25,26)/b10-7+. The Morgan fingerprint density at radius 1 is 0.923 bits per heavy atom. The van der Waals surface area contributed by atoms with Crippen LogP contribution < -0.4 is 4.90 Å². The van der Waals surface area contributed by atoms with Crippen LogP contribution in [0.5, 0.6) is 0 Å². The van der Waals surface area contributed by atoms with Crippen LogP contribution in [0, 0.1) is 0 Å². The third-order valence-electron chi connectivity index (χ3n) is 5.20. The minimum Gasteiger partial charge on any atom is -0.478 e. The van der Waals surface area contributed by atoms with Crippen LogP contribution in [-0.2, 0) is 12.8 Å². The molecule has 0 spiro atoms. The predicted octanol–water partition coefficient (Wildman–Crippen LogP) is 3.98. The van der Waals surface area contributed by atoms with E-state index in [1.807, 2.05) is 0 Å². The molecule has 2 heterocycles. The molecule has 0 atom stereocenters. The Kier molecular flexibility index (Phi) is 4.33. The molecular weight excluding hydrogens is 326 g/mol. The van der Waals surface area contributed by atoms with Gasteiger partial charge in [-0.1, -0.05) is 18.2 Å². The van der Waals surface area contributed by atoms with E-state index in [9.17, 15) is 9.59 Å². The molecule has 0 radical (unpaired) electrons. The van der Waals surface area contributed by atoms with Crippen molar-refractivity contribution in [3.63, 3.8) is 0 Å². The zero-order valence-corrected chi connectivity index (χ0v) is 14.6. The number of ketones is 1. The first kappa shape index (κ1) is 16.6. The van der Waals surface area contributed by atoms with Crippen molar-refractivity contribution in [3.8, 4) is 0 Å². The molecule has 2 aliphatic rings. The summed E-state index contributed by atoms with van der Waals surface area (Å²) in [6, 6.07) is 10.6. The van der Waals surface area contributed by atoms with Gasteiger partial charge in [0.05, 0.1) is 5.56 Å². The molecule has 0 bridgehead atoms. The van der Waals surface area contributed by atoms with Gasteiger partial charge >= 0.3 is 5.97 Å². The van der Waals surface area contributed by atoms with E-state index >= 15 is 0 Å². The Morgan fingerprint density at radius 3 is 2.12 bits per heavy atom. The van der Waals surface area contributed by atoms with Gasteiger partial charge in [0.25, 0.3) is 0 Å². The molecule has 4 rings (SSSR count). The first-order valence-corrected chi connectivity index (χ1v) is 9.08. The fourth-order valence-corrected chi connectivity index (χ4v) is 3.95. The van der Waals surface area contributed by atoms with Gasteiger partial charge in [0.1, 0.15) is 0 Å². The van der Waals surface area contributed by atoms with Crippen LogP contribution in [0.2, 0.25) is 0 Å². The number of anilines is 1. The lowest BCUT2D eigenvalue weighted by molar-refractivity contribution is 0.0696. The second-order valence-corrected chi connectivity index (χ2v) is 6.96. The van der Waals surface area contributed by atoms with Gasteiger partial charge in [-0.15, -0.1) is 0 Å². The number of allylic oxidation sites excluding steroid dienone is 1. The van der Waals surface area contributed by atoms with Crippen molar-refractivity contribution in [1.82, 2.24) is 0 Å². The molecule has 2 aromatic rings. The Morgan fingerprint density at radius 2 is 1.54 bits per heavy atom. The summed E-state index contributed by atoms with van der Waals surface area (Å²) in [6.45, 7) is 2.25. The van der Waals surface area contributed by atoms with E-state index in [0.717, 1.165) is 49.9 Å². The highest BCUT2D eigenvalue weighted by Gasteiger charge is 2.24. The van der Waals surface area contributed by atoms with E-state index in [2.05, 4.69) is 17.0 Å². The smallest absolute Gasteiger partial charge is 0.335 e. The topological polar surface area (TPSA) is 57.6 Å². The van der Waals surface area contributed by atoms with Crippen LogP contribution in [0.25, 0.3) is 6.08 Å². The summed E-state index contributed by atoms with van der Waals surface area (Å²) in [5, 5.41) is 8.94. The first-order chi connectivity index (χ1) is 12.6. The van der Waals surface area contributed by atoms with E-state index in [-0.39, 0.29) is 11.3 Å². The van der Waals surface area contributed by atoms with E-state index in [1.54, 1.807) is 36.4 Å². The van der Waals surface area contributed by atoms with E-state index in [0.29, 0.717) is 0 Å². The SMILES string of the molecule is O=C(O)c1ccc(/C=C/C(=O)c2cc3c4c(c2)CCCN4CCC3)cc1. The van der Waals surface area contributed by atoms with Gasteiger partial charge in [-0.05, 0) is 72.7 Å². The number of rotatable bonds is 4. The molecule has 0 aliphatic carbocycles. The monoisotopic (exact) mass is 347 g/mol. The van der Waals surface area contributed by atoms with Gasteiger partial charge in [0.15, 0.2) is 5.78 Å². The summed E-state index contributed by atoms with van der Waals surface area (Å²) in [7, 11) is 0. The van der Waals surface area contributed by atoms with Crippen molar-refractivity contribution in [2.75, 3.05) is 18.0 Å². The van der Waals surface area contributed by atoms with Crippen LogP contribution in [0.3, 0.4) is 0 Å². The minimum atomic E-state index is -0.950. The van der Waals surface area contributed by atoms with Gasteiger partial charge in [0, 0.05) is 24.3 Å². The molecule has 1 N–H and O–H groups in total. The highest BCUT2D eigenvalue weighted by molar-refractivity contribution is 6.07. The third kappa shape index (κ3) is 3.15. The van der Waals surface area contributed by atoms with E-state index in [4.69, 9.17) is 5.11 Å². The molecule has 4 heteroatoms. The van der Waals surface area contributed by atoms with E-state index in [1.165, 1.54) is 16.8 Å². The van der Waals surface area contributed by atoms with Crippen molar-refractivity contribution >= 4 is 23.5 Å². The van der Waals surface area contributed by atoms with Gasteiger partial charge in [-0.2, -0.15) is 0 Å². The predicted molar refractivity (Wildman–Crippen MR) is 102 cm³/mol. The van der Waals surface area contributed by atoms with Crippen LogP contribution >= 0.6 is 0 Å². The number of benzene rings is 2. The van der Waals surface area contributed by atoms with Gasteiger partial charge in [-0.3, -0.25) is 4.79 Å². The second kappa shape index (κ2) is 6.79. The maximum Gasteiger partial charge on any atom is 0.335 e. The van der Waals surface area contributed by atoms with Crippen molar-refractivity contribution < 1.29 is 14.7 Å². The molecule has 2 aliphatic heterocycles. The number of carbonyl (C=O) groups excluding carboxylic acids is 1. The lowest BCUT2D eigenvalue weighted by Crippen LogP contribution is -2.34. The Bertz CT molecular complexity index is 865. The number of carbonyl (C=O) groups is 2. The van der Waals surface area contributed by atoms with Gasteiger partial charge in [0.2, 0.25) is 0 Å². The molecule has 26 heavy (non-hydrogen) atoms. The molecule has 0 unspecified atom stereocenters. The first-order valence-electron chi connectivity index (χ1n) is 9.08. The van der Waals surface area contributed by atoms with E-state index < -0.39 is 5.97 Å². The van der Waals surface area contributed by atoms with Crippen molar-refractivity contribution in [1.29, 1.82) is 0 Å². The summed E-state index contributed by atoms with van der Waals surface area (Å²) in [5.41, 5.74) is 5.78. The summed E-state index contributed by atoms with van der Waals surface area (Å²) in [4.78, 5) is 26.0. The number of hydrogen-bond acceptors (Lipinski definition) is 3. The van der Waals surface area contributed by atoms with Crippen molar-refractivity contribution in [3.05, 3.63) is 70.3 Å². The zero-order chi connectivity index (χ0) is 18.1. The van der Waals surface area contributed by atoms with Gasteiger partial charge < -0.3 is 10.0 Å². The fraction of sp³-hybridized carbons (Fsp3) is 0.273. The summed E-state index contributed by atoms with van der Waals surface area (Å²) in [5.74, 6) is -0.956. The molecule has 2 aromatic carbocycles. The summed E-state index contributed by atoms with van der Waals surface area (Å²) >= 11 is 0. The number of carboxylic acids is 1. The molecule has 132 valence electrons. The highest BCUT2D eigenvalue weighted by Crippen LogP contribution is 2.36. The summed E-state index contributed by atoms with van der Waals surface area (Å²) in [6.07, 6.45) is 7.70. The van der Waals surface area contributed by atoms with Crippen molar-refractivity contribution in [2.45, 2.75) is 25.7 Å². The lowest BCUT2D eigenvalue weighted by atomic mass is 9.89. The Balaban J connectivity index is 1.58.